The van der Waals surface area contributed by atoms with E-state index >= 15 is 0 Å². The predicted molar refractivity (Wildman–Crippen MR) is 83.0 cm³/mol. The molecule has 20 heavy (non-hydrogen) atoms. The van der Waals surface area contributed by atoms with E-state index in [2.05, 4.69) is 46.3 Å². The highest BCUT2D eigenvalue weighted by molar-refractivity contribution is 9.10. The number of hydrogen-bond donors (Lipinski definition) is 2. The van der Waals surface area contributed by atoms with Crippen molar-refractivity contribution >= 4 is 21.6 Å². The van der Waals surface area contributed by atoms with E-state index in [0.29, 0.717) is 0 Å². The van der Waals surface area contributed by atoms with Crippen molar-refractivity contribution in [3.8, 4) is 0 Å². The van der Waals surface area contributed by atoms with Crippen molar-refractivity contribution in [3.05, 3.63) is 45.7 Å². The Morgan fingerprint density at radius 1 is 1.40 bits per heavy atom. The van der Waals surface area contributed by atoms with Gasteiger partial charge in [0, 0.05) is 23.8 Å². The predicted octanol–water partition coefficient (Wildman–Crippen LogP) is 3.28. The van der Waals surface area contributed by atoms with Crippen LogP contribution in [0, 0.1) is 0 Å². The maximum Gasteiger partial charge on any atom is 0.124 e. The fraction of sp³-hybridized carbons (Fsp3) is 0.400. The molecule has 1 aliphatic heterocycles. The van der Waals surface area contributed by atoms with E-state index in [1.165, 1.54) is 5.56 Å². The maximum absolute atomic E-state index is 10.8. The first-order chi connectivity index (χ1) is 9.59. The zero-order valence-electron chi connectivity index (χ0n) is 11.6. The SMILES string of the molecule is CC(C)n1ncc(Br)c1C(O)c1cccc2c1NCC2. The minimum absolute atomic E-state index is 0.204. The van der Waals surface area contributed by atoms with Gasteiger partial charge in [-0.2, -0.15) is 5.10 Å². The van der Waals surface area contributed by atoms with E-state index in [9.17, 15) is 5.11 Å². The molecular weight excluding hydrogens is 318 g/mol. The van der Waals surface area contributed by atoms with Crippen LogP contribution in [0.3, 0.4) is 0 Å². The number of nitrogens with one attached hydrogen (secondary N) is 1. The number of aliphatic hydroxyl groups is 1. The molecule has 1 aromatic carbocycles. The lowest BCUT2D eigenvalue weighted by atomic mass is 10.0. The number of aliphatic hydroxyl groups excluding tert-OH is 1. The second-order valence-corrected chi connectivity index (χ2v) is 6.23. The Balaban J connectivity index is 2.08. The zero-order valence-corrected chi connectivity index (χ0v) is 13.2. The van der Waals surface area contributed by atoms with Gasteiger partial charge in [-0.15, -0.1) is 0 Å². The van der Waals surface area contributed by atoms with Crippen LogP contribution in [0.5, 0.6) is 0 Å². The molecule has 0 spiro atoms. The third kappa shape index (κ3) is 2.15. The molecule has 1 unspecified atom stereocenters. The maximum atomic E-state index is 10.8. The lowest BCUT2D eigenvalue weighted by molar-refractivity contribution is 0.205. The molecule has 0 amide bonds. The van der Waals surface area contributed by atoms with Crippen molar-refractivity contribution in [3.63, 3.8) is 0 Å². The molecule has 2 N–H and O–H groups in total. The summed E-state index contributed by atoms with van der Waals surface area (Å²) in [7, 11) is 0. The number of halogens is 1. The van der Waals surface area contributed by atoms with E-state index in [1.807, 2.05) is 16.8 Å². The van der Waals surface area contributed by atoms with E-state index in [-0.39, 0.29) is 6.04 Å². The molecule has 2 aromatic rings. The molecule has 0 radical (unpaired) electrons. The fourth-order valence-electron chi connectivity index (χ4n) is 2.76. The highest BCUT2D eigenvalue weighted by Gasteiger charge is 2.25. The average Bonchev–Trinajstić information content (AvgIpc) is 3.03. The molecule has 0 fully saturated rings. The van der Waals surface area contributed by atoms with Gasteiger partial charge in [0.15, 0.2) is 0 Å². The lowest BCUT2D eigenvalue weighted by Crippen LogP contribution is -2.13. The monoisotopic (exact) mass is 335 g/mol. The van der Waals surface area contributed by atoms with E-state index in [4.69, 9.17) is 0 Å². The quantitative estimate of drug-likeness (QED) is 0.904. The van der Waals surface area contributed by atoms with Gasteiger partial charge in [-0.05, 0) is 41.8 Å². The van der Waals surface area contributed by atoms with Crippen LogP contribution >= 0.6 is 15.9 Å². The Morgan fingerprint density at radius 3 is 2.95 bits per heavy atom. The van der Waals surface area contributed by atoms with Gasteiger partial charge in [-0.25, -0.2) is 0 Å². The number of para-hydroxylation sites is 1. The van der Waals surface area contributed by atoms with Crippen molar-refractivity contribution in [2.75, 3.05) is 11.9 Å². The Kier molecular flexibility index (Phi) is 3.56. The van der Waals surface area contributed by atoms with Crippen molar-refractivity contribution < 1.29 is 5.11 Å². The van der Waals surface area contributed by atoms with E-state index in [1.54, 1.807) is 6.20 Å². The summed E-state index contributed by atoms with van der Waals surface area (Å²) in [6, 6.07) is 6.30. The largest absolute Gasteiger partial charge is 0.384 e. The normalized spacial score (nSPS) is 15.2. The van der Waals surface area contributed by atoms with Gasteiger partial charge in [0.1, 0.15) is 6.10 Å². The standard InChI is InChI=1S/C15H18BrN3O/c1-9(2)19-14(12(16)8-18-19)15(20)11-5-3-4-10-6-7-17-13(10)11/h3-5,8-9,15,17,20H,6-7H2,1-2H3. The van der Waals surface area contributed by atoms with Crippen molar-refractivity contribution in [1.29, 1.82) is 0 Å². The van der Waals surface area contributed by atoms with Crippen LogP contribution in [0.4, 0.5) is 5.69 Å². The topological polar surface area (TPSA) is 50.1 Å². The smallest absolute Gasteiger partial charge is 0.124 e. The molecule has 1 aromatic heterocycles. The minimum atomic E-state index is -0.685. The molecule has 0 saturated heterocycles. The van der Waals surface area contributed by atoms with Gasteiger partial charge in [0.05, 0.1) is 16.4 Å². The molecule has 0 saturated carbocycles. The summed E-state index contributed by atoms with van der Waals surface area (Å²) in [5.74, 6) is 0. The van der Waals surface area contributed by atoms with Crippen molar-refractivity contribution in [2.45, 2.75) is 32.4 Å². The summed E-state index contributed by atoms with van der Waals surface area (Å²) in [6.45, 7) is 5.05. The van der Waals surface area contributed by atoms with Gasteiger partial charge in [-0.3, -0.25) is 4.68 Å². The van der Waals surface area contributed by atoms with Gasteiger partial charge in [0.2, 0.25) is 0 Å². The summed E-state index contributed by atoms with van der Waals surface area (Å²) in [5, 5.41) is 18.5. The number of rotatable bonds is 3. The first kappa shape index (κ1) is 13.6. The molecule has 1 atom stereocenters. The molecule has 5 heteroatoms. The van der Waals surface area contributed by atoms with Crippen LogP contribution in [-0.4, -0.2) is 21.4 Å². The van der Waals surface area contributed by atoms with Crippen LogP contribution in [0.25, 0.3) is 0 Å². The summed E-state index contributed by atoms with van der Waals surface area (Å²) < 4.78 is 2.71. The number of fused-ring (bicyclic) bond motifs is 1. The molecular formula is C15H18BrN3O. The molecule has 0 bridgehead atoms. The van der Waals surface area contributed by atoms with Gasteiger partial charge < -0.3 is 10.4 Å². The van der Waals surface area contributed by atoms with Gasteiger partial charge >= 0.3 is 0 Å². The van der Waals surface area contributed by atoms with Crippen molar-refractivity contribution in [2.24, 2.45) is 0 Å². The van der Waals surface area contributed by atoms with Crippen LogP contribution in [0.15, 0.2) is 28.9 Å². The first-order valence-electron chi connectivity index (χ1n) is 6.86. The molecule has 106 valence electrons. The first-order valence-corrected chi connectivity index (χ1v) is 7.65. The number of aromatic nitrogens is 2. The lowest BCUT2D eigenvalue weighted by Gasteiger charge is -2.19. The molecule has 4 nitrogen and oxygen atoms in total. The number of nitrogens with zero attached hydrogens (tertiary/aromatic N) is 2. The molecule has 0 aliphatic carbocycles. The van der Waals surface area contributed by atoms with Crippen LogP contribution in [-0.2, 0) is 6.42 Å². The third-order valence-corrected chi connectivity index (χ3v) is 4.32. The Hall–Kier alpha value is -1.33. The molecule has 3 rings (SSSR count). The van der Waals surface area contributed by atoms with Crippen molar-refractivity contribution in [1.82, 2.24) is 9.78 Å². The average molecular weight is 336 g/mol. The van der Waals surface area contributed by atoms with E-state index < -0.39 is 6.10 Å². The molecule has 1 aliphatic rings. The highest BCUT2D eigenvalue weighted by Crippen LogP contribution is 2.37. The number of hydrogen-bond acceptors (Lipinski definition) is 3. The Labute approximate surface area is 126 Å². The second kappa shape index (κ2) is 5.22. The number of benzene rings is 1. The van der Waals surface area contributed by atoms with E-state index in [0.717, 1.165) is 34.4 Å². The van der Waals surface area contributed by atoms with Crippen LogP contribution < -0.4 is 5.32 Å². The Morgan fingerprint density at radius 2 is 2.20 bits per heavy atom. The highest BCUT2D eigenvalue weighted by atomic mass is 79.9. The van der Waals surface area contributed by atoms with Crippen LogP contribution in [0.2, 0.25) is 0 Å². The second-order valence-electron chi connectivity index (χ2n) is 5.38. The fourth-order valence-corrected chi connectivity index (χ4v) is 3.25. The van der Waals surface area contributed by atoms with Gasteiger partial charge in [-0.1, -0.05) is 18.2 Å². The van der Waals surface area contributed by atoms with Gasteiger partial charge in [0.25, 0.3) is 0 Å². The zero-order chi connectivity index (χ0) is 14.3. The summed E-state index contributed by atoms with van der Waals surface area (Å²) >= 11 is 3.50. The summed E-state index contributed by atoms with van der Waals surface area (Å²) in [6.07, 6.45) is 2.07. The minimum Gasteiger partial charge on any atom is -0.384 e. The van der Waals surface area contributed by atoms with Crippen LogP contribution in [0.1, 0.15) is 42.8 Å². The Bertz CT molecular complexity index is 636. The summed E-state index contributed by atoms with van der Waals surface area (Å²) in [4.78, 5) is 0. The number of anilines is 1. The third-order valence-electron chi connectivity index (χ3n) is 3.71. The summed E-state index contributed by atoms with van der Waals surface area (Å²) in [5.41, 5.74) is 4.07. The molecule has 2 heterocycles.